The Morgan fingerprint density at radius 1 is 1.47 bits per heavy atom. The van der Waals surface area contributed by atoms with Crippen molar-refractivity contribution in [1.29, 1.82) is 0 Å². The molecule has 0 fully saturated rings. The van der Waals surface area contributed by atoms with Gasteiger partial charge < -0.3 is 15.8 Å². The number of rotatable bonds is 4. The van der Waals surface area contributed by atoms with Crippen LogP contribution in [-0.2, 0) is 4.74 Å². The van der Waals surface area contributed by atoms with Crippen LogP contribution in [0.3, 0.4) is 0 Å². The predicted molar refractivity (Wildman–Crippen MR) is 74.2 cm³/mol. The summed E-state index contributed by atoms with van der Waals surface area (Å²) >= 11 is 3.48. The van der Waals surface area contributed by atoms with Crippen LogP contribution in [0.4, 0.5) is 11.5 Å². The van der Waals surface area contributed by atoms with E-state index < -0.39 is 0 Å². The van der Waals surface area contributed by atoms with Crippen molar-refractivity contribution in [3.63, 3.8) is 0 Å². The lowest BCUT2D eigenvalue weighted by molar-refractivity contribution is 0.210. The van der Waals surface area contributed by atoms with Gasteiger partial charge in [0.05, 0.1) is 6.61 Å². The maximum absolute atomic E-state index is 6.00. The number of ether oxygens (including phenoxy) is 1. The molecule has 3 N–H and O–H groups in total. The quantitative estimate of drug-likeness (QED) is 0.672. The van der Waals surface area contributed by atoms with E-state index in [9.17, 15) is 0 Å². The van der Waals surface area contributed by atoms with Crippen LogP contribution in [0, 0.1) is 0 Å². The van der Waals surface area contributed by atoms with Gasteiger partial charge in [0.15, 0.2) is 0 Å². The molecule has 0 bridgehead atoms. The minimum atomic E-state index is 0.631. The molecule has 0 aliphatic carbocycles. The van der Waals surface area contributed by atoms with Gasteiger partial charge in [-0.2, -0.15) is 0 Å². The van der Waals surface area contributed by atoms with Gasteiger partial charge in [-0.3, -0.25) is 0 Å². The predicted octanol–water partition coefficient (Wildman–Crippen LogP) is 2.64. The molecular weight excluding hydrogens is 282 g/mol. The zero-order valence-electron chi connectivity index (χ0n) is 9.53. The van der Waals surface area contributed by atoms with E-state index in [0.717, 1.165) is 26.8 Å². The van der Waals surface area contributed by atoms with Crippen molar-refractivity contribution in [2.24, 2.45) is 0 Å². The largest absolute Gasteiger partial charge is 0.398 e. The molecule has 1 heterocycles. The van der Waals surface area contributed by atoms with Gasteiger partial charge in [-0.1, -0.05) is 12.1 Å². The van der Waals surface area contributed by atoms with Gasteiger partial charge in [-0.25, -0.2) is 4.98 Å². The molecule has 0 aliphatic rings. The summed E-state index contributed by atoms with van der Waals surface area (Å²) < 4.78 is 5.94. The van der Waals surface area contributed by atoms with E-state index in [1.165, 1.54) is 0 Å². The number of fused-ring (bicyclic) bond motifs is 1. The second-order valence-corrected chi connectivity index (χ2v) is 4.50. The summed E-state index contributed by atoms with van der Waals surface area (Å²) in [6, 6.07) is 5.82. The highest BCUT2D eigenvalue weighted by atomic mass is 79.9. The van der Waals surface area contributed by atoms with E-state index >= 15 is 0 Å². The molecule has 5 heteroatoms. The van der Waals surface area contributed by atoms with Crippen molar-refractivity contribution >= 4 is 38.2 Å². The number of nitrogens with zero attached hydrogens (tertiary/aromatic N) is 1. The first-order valence-corrected chi connectivity index (χ1v) is 6.09. The number of benzene rings is 1. The molecule has 90 valence electrons. The van der Waals surface area contributed by atoms with Gasteiger partial charge in [-0.05, 0) is 22.0 Å². The van der Waals surface area contributed by atoms with Crippen molar-refractivity contribution in [1.82, 2.24) is 4.98 Å². The summed E-state index contributed by atoms with van der Waals surface area (Å²) in [6.07, 6.45) is 1.77. The van der Waals surface area contributed by atoms with Gasteiger partial charge >= 0.3 is 0 Å². The number of nitrogen functional groups attached to an aromatic ring is 1. The van der Waals surface area contributed by atoms with Crippen LogP contribution in [0.2, 0.25) is 0 Å². The lowest BCUT2D eigenvalue weighted by Gasteiger charge is -2.11. The minimum absolute atomic E-state index is 0.631. The second-order valence-electron chi connectivity index (χ2n) is 3.64. The van der Waals surface area contributed by atoms with E-state index in [1.54, 1.807) is 13.3 Å². The number of nitrogens with one attached hydrogen (secondary N) is 1. The monoisotopic (exact) mass is 295 g/mol. The van der Waals surface area contributed by atoms with E-state index in [1.807, 2.05) is 18.2 Å². The number of hydrogen-bond acceptors (Lipinski definition) is 4. The first kappa shape index (κ1) is 12.1. The van der Waals surface area contributed by atoms with Crippen molar-refractivity contribution in [2.45, 2.75) is 0 Å². The number of methoxy groups -OCH3 is 1. The van der Waals surface area contributed by atoms with E-state index in [0.29, 0.717) is 13.2 Å². The molecule has 2 aromatic rings. The van der Waals surface area contributed by atoms with E-state index in [4.69, 9.17) is 10.5 Å². The fourth-order valence-electron chi connectivity index (χ4n) is 1.69. The molecule has 0 spiro atoms. The van der Waals surface area contributed by atoms with Crippen LogP contribution in [0.25, 0.3) is 10.8 Å². The first-order chi connectivity index (χ1) is 8.24. The molecule has 1 aromatic heterocycles. The molecule has 2 rings (SSSR count). The van der Waals surface area contributed by atoms with Gasteiger partial charge in [0.1, 0.15) is 5.82 Å². The fourth-order valence-corrected chi connectivity index (χ4v) is 2.13. The molecule has 1 aromatic carbocycles. The van der Waals surface area contributed by atoms with Crippen molar-refractivity contribution < 1.29 is 4.74 Å². The third-order valence-corrected chi connectivity index (χ3v) is 3.13. The number of nitrogens with two attached hydrogens (primary N) is 1. The summed E-state index contributed by atoms with van der Waals surface area (Å²) in [5.41, 5.74) is 6.72. The maximum atomic E-state index is 6.00. The average Bonchev–Trinajstić information content (AvgIpc) is 2.33. The topological polar surface area (TPSA) is 60.2 Å². The zero-order valence-corrected chi connectivity index (χ0v) is 11.1. The fraction of sp³-hybridized carbons (Fsp3) is 0.250. The Morgan fingerprint density at radius 3 is 3.06 bits per heavy atom. The third kappa shape index (κ3) is 2.50. The van der Waals surface area contributed by atoms with Gasteiger partial charge in [-0.15, -0.1) is 0 Å². The maximum Gasteiger partial charge on any atom is 0.136 e. The molecule has 0 atom stereocenters. The molecule has 4 nitrogen and oxygen atoms in total. The molecular formula is C12H14BrN3O. The summed E-state index contributed by atoms with van der Waals surface area (Å²) in [7, 11) is 1.67. The third-order valence-electron chi connectivity index (χ3n) is 2.50. The highest BCUT2D eigenvalue weighted by Crippen LogP contribution is 2.31. The average molecular weight is 296 g/mol. The SMILES string of the molecule is COCCNc1ncc(Br)c2cccc(N)c12. The Bertz CT molecular complexity index is 530. The van der Waals surface area contributed by atoms with E-state index in [2.05, 4.69) is 26.2 Å². The van der Waals surface area contributed by atoms with Crippen molar-refractivity contribution in [2.75, 3.05) is 31.3 Å². The molecule has 0 unspecified atom stereocenters. The molecule has 0 amide bonds. The number of halogens is 1. The minimum Gasteiger partial charge on any atom is -0.398 e. The summed E-state index contributed by atoms with van der Waals surface area (Å²) in [6.45, 7) is 1.33. The van der Waals surface area contributed by atoms with Crippen molar-refractivity contribution in [3.8, 4) is 0 Å². The smallest absolute Gasteiger partial charge is 0.136 e. The number of anilines is 2. The standard InChI is InChI=1S/C12H14BrN3O/c1-17-6-5-15-12-11-8(9(13)7-16-12)3-2-4-10(11)14/h2-4,7H,5-6,14H2,1H3,(H,15,16). The lowest BCUT2D eigenvalue weighted by atomic mass is 10.1. The summed E-state index contributed by atoms with van der Waals surface area (Å²) in [4.78, 5) is 4.35. The molecule has 0 aliphatic heterocycles. The number of pyridine rings is 1. The first-order valence-electron chi connectivity index (χ1n) is 5.29. The van der Waals surface area contributed by atoms with Crippen molar-refractivity contribution in [3.05, 3.63) is 28.9 Å². The van der Waals surface area contributed by atoms with Gasteiger partial charge in [0, 0.05) is 40.8 Å². The molecule has 0 saturated carbocycles. The Labute approximate surface area is 108 Å². The highest BCUT2D eigenvalue weighted by Gasteiger charge is 2.08. The Hall–Kier alpha value is -1.33. The summed E-state index contributed by atoms with van der Waals surface area (Å²) in [5.74, 6) is 0.790. The molecule has 0 radical (unpaired) electrons. The molecule has 0 saturated heterocycles. The summed E-state index contributed by atoms with van der Waals surface area (Å²) in [5, 5.41) is 5.22. The van der Waals surface area contributed by atoms with Crippen LogP contribution < -0.4 is 11.1 Å². The zero-order chi connectivity index (χ0) is 12.3. The van der Waals surface area contributed by atoms with Crippen LogP contribution in [0.15, 0.2) is 28.9 Å². The van der Waals surface area contributed by atoms with E-state index in [-0.39, 0.29) is 0 Å². The Balaban J connectivity index is 2.45. The highest BCUT2D eigenvalue weighted by molar-refractivity contribution is 9.10. The number of aromatic nitrogens is 1. The normalized spacial score (nSPS) is 10.7. The second kappa shape index (κ2) is 5.33. The Morgan fingerprint density at radius 2 is 2.29 bits per heavy atom. The van der Waals surface area contributed by atoms with Crippen LogP contribution in [-0.4, -0.2) is 25.2 Å². The molecule has 17 heavy (non-hydrogen) atoms. The number of hydrogen-bond donors (Lipinski definition) is 2. The van der Waals surface area contributed by atoms with Crippen LogP contribution in [0.5, 0.6) is 0 Å². The van der Waals surface area contributed by atoms with Gasteiger partial charge in [0.2, 0.25) is 0 Å². The van der Waals surface area contributed by atoms with Crippen LogP contribution in [0.1, 0.15) is 0 Å². The Kier molecular flexibility index (Phi) is 3.81. The van der Waals surface area contributed by atoms with Gasteiger partial charge in [0.25, 0.3) is 0 Å². The lowest BCUT2D eigenvalue weighted by Crippen LogP contribution is -2.09. The van der Waals surface area contributed by atoms with Crippen LogP contribution >= 0.6 is 15.9 Å².